The molecule has 0 spiro atoms. The Kier molecular flexibility index (Phi) is 13.4. The van der Waals surface area contributed by atoms with Crippen LogP contribution in [0.5, 0.6) is 0 Å². The Morgan fingerprint density at radius 2 is 1.79 bits per heavy atom. The fourth-order valence-corrected chi connectivity index (χ4v) is 5.50. The number of aliphatic hydroxyl groups excluding tert-OH is 1. The fraction of sp³-hybridized carbons (Fsp3) is 0.545. The molecule has 4 atom stereocenters. The minimum absolute atomic E-state index is 0.116. The molecule has 10 nitrogen and oxygen atoms in total. The summed E-state index contributed by atoms with van der Waals surface area (Å²) < 4.78 is 3.36. The third-order valence-electron chi connectivity index (χ3n) is 7.92. The smallest absolute Gasteiger partial charge is 0.310 e. The van der Waals surface area contributed by atoms with Crippen LogP contribution in [0.3, 0.4) is 0 Å². The van der Waals surface area contributed by atoms with Crippen molar-refractivity contribution in [3.63, 3.8) is 0 Å². The number of halogens is 4. The first-order valence-electron chi connectivity index (χ1n) is 15.4. The van der Waals surface area contributed by atoms with Gasteiger partial charge in [-0.25, -0.2) is 4.98 Å². The van der Waals surface area contributed by atoms with Gasteiger partial charge in [0.05, 0.1) is 33.7 Å². The molecule has 0 bridgehead atoms. The van der Waals surface area contributed by atoms with Crippen molar-refractivity contribution in [3.8, 4) is 0 Å². The zero-order valence-corrected chi connectivity index (χ0v) is 30.3. The molecule has 0 aliphatic carbocycles. The number of carbonyl (C=O) groups excluding carboxylic acids is 4. The van der Waals surface area contributed by atoms with E-state index in [1.807, 2.05) is 18.2 Å². The number of aliphatic hydroxyl groups is 1. The lowest BCUT2D eigenvalue weighted by Gasteiger charge is -2.34. The molecule has 3 amide bonds. The van der Waals surface area contributed by atoms with Crippen molar-refractivity contribution in [1.29, 1.82) is 0 Å². The highest BCUT2D eigenvalue weighted by atomic mass is 35.6. The van der Waals surface area contributed by atoms with E-state index in [0.717, 1.165) is 10.9 Å². The number of ether oxygens (including phenoxy) is 1. The fourth-order valence-electron chi connectivity index (χ4n) is 5.06. The van der Waals surface area contributed by atoms with E-state index >= 15 is 0 Å². The number of piperidine rings is 1. The summed E-state index contributed by atoms with van der Waals surface area (Å²) in [5.74, 6) is -2.67. The van der Waals surface area contributed by atoms with Crippen molar-refractivity contribution in [3.05, 3.63) is 46.6 Å². The Balaban J connectivity index is 1.64. The van der Waals surface area contributed by atoms with Gasteiger partial charge < -0.3 is 25.4 Å². The van der Waals surface area contributed by atoms with Gasteiger partial charge in [-0.3, -0.25) is 19.2 Å². The van der Waals surface area contributed by atoms with E-state index in [9.17, 15) is 24.3 Å². The first-order valence-corrected chi connectivity index (χ1v) is 16.9. The predicted octanol–water partition coefficient (Wildman–Crippen LogP) is 5.78. The number of amides is 3. The van der Waals surface area contributed by atoms with E-state index in [1.165, 1.54) is 4.90 Å². The van der Waals surface area contributed by atoms with Crippen molar-refractivity contribution < 1.29 is 29.0 Å². The number of hydrogen-bond donors (Lipinski definition) is 3. The van der Waals surface area contributed by atoms with Crippen LogP contribution in [0.1, 0.15) is 71.7 Å². The summed E-state index contributed by atoms with van der Waals surface area (Å²) in [6.45, 7) is 10.4. The van der Waals surface area contributed by atoms with Crippen LogP contribution in [0.25, 0.3) is 17.0 Å². The first kappa shape index (κ1) is 38.8. The van der Waals surface area contributed by atoms with Gasteiger partial charge in [-0.05, 0) is 64.2 Å². The van der Waals surface area contributed by atoms with E-state index in [1.54, 1.807) is 59.8 Å². The number of carbonyl (C=O) groups is 4. The summed E-state index contributed by atoms with van der Waals surface area (Å²) in [5, 5.41) is 16.7. The maximum atomic E-state index is 13.4. The third-order valence-corrected chi connectivity index (χ3v) is 8.56. The molecule has 0 saturated carbocycles. The minimum Gasteiger partial charge on any atom is -0.461 e. The van der Waals surface area contributed by atoms with Gasteiger partial charge in [0, 0.05) is 18.5 Å². The number of aromatic nitrogens is 1. The third kappa shape index (κ3) is 10.9. The maximum absolute atomic E-state index is 13.4. The lowest BCUT2D eigenvalue weighted by Crippen LogP contribution is -2.57. The van der Waals surface area contributed by atoms with Gasteiger partial charge in [-0.2, -0.15) is 0 Å². The number of benzene rings is 1. The van der Waals surface area contributed by atoms with Gasteiger partial charge in [-0.15, -0.1) is 0 Å². The highest BCUT2D eigenvalue weighted by molar-refractivity contribution is 6.67. The van der Waals surface area contributed by atoms with Gasteiger partial charge in [0.25, 0.3) is 0 Å². The van der Waals surface area contributed by atoms with Crippen LogP contribution < -0.4 is 10.6 Å². The van der Waals surface area contributed by atoms with Crippen molar-refractivity contribution in [2.75, 3.05) is 19.7 Å². The number of nitrogens with one attached hydrogen (secondary N) is 2. The lowest BCUT2D eigenvalue weighted by atomic mass is 9.89. The lowest BCUT2D eigenvalue weighted by molar-refractivity contribution is -0.152. The molecule has 0 radical (unpaired) electrons. The van der Waals surface area contributed by atoms with Crippen molar-refractivity contribution >= 4 is 87.1 Å². The molecule has 3 rings (SSSR count). The SMILES string of the molecule is CC(C)[C@H](NC(=O)C(C)(C)C=Cc1ccc2c(Cl)cc([C@@H](C)O)nc2c1)C(=O)N[C@@H](C)C(=O)N1CCC[C@@H](C(=O)OCC(Cl)(Cl)Cl)C1. The second kappa shape index (κ2) is 16.2. The van der Waals surface area contributed by atoms with Crippen LogP contribution in [0.15, 0.2) is 30.3 Å². The standard InChI is InChI=1S/C33H42Cl4N4O6/c1-18(2)27(28(43)38-19(3)29(44)41-13-7-8-22(16-41)30(45)47-17-33(35,36)37)40-31(46)32(5,6)12-11-21-9-10-23-24(34)15-25(20(4)42)39-26(23)14-21/h9-12,14-15,18-20,22,27,42H,7-8,13,16-17H2,1-6H3,(H,38,43)(H,40,46)/t19-,20+,22+,27-/m0/s1. The molecule has 258 valence electrons. The molecule has 2 aromatic rings. The molecular formula is C33H42Cl4N4O6. The number of pyridine rings is 1. The number of esters is 1. The van der Waals surface area contributed by atoms with Gasteiger partial charge in [-0.1, -0.05) is 84.5 Å². The second-order valence-corrected chi connectivity index (χ2v) is 15.7. The summed E-state index contributed by atoms with van der Waals surface area (Å²) in [4.78, 5) is 58.5. The van der Waals surface area contributed by atoms with E-state index in [0.29, 0.717) is 35.6 Å². The number of hydrogen-bond acceptors (Lipinski definition) is 7. The van der Waals surface area contributed by atoms with Crippen LogP contribution in [0, 0.1) is 17.3 Å². The van der Waals surface area contributed by atoms with Crippen LogP contribution in [-0.2, 0) is 23.9 Å². The molecule has 0 unspecified atom stereocenters. The number of fused-ring (bicyclic) bond motifs is 1. The van der Waals surface area contributed by atoms with Crippen LogP contribution in [0.4, 0.5) is 0 Å². The summed E-state index contributed by atoms with van der Waals surface area (Å²) in [6, 6.07) is 5.30. The van der Waals surface area contributed by atoms with Crippen molar-refractivity contribution in [1.82, 2.24) is 20.5 Å². The zero-order valence-electron chi connectivity index (χ0n) is 27.3. The first-order chi connectivity index (χ1) is 21.8. The summed E-state index contributed by atoms with van der Waals surface area (Å²) >= 11 is 23.4. The summed E-state index contributed by atoms with van der Waals surface area (Å²) in [7, 11) is 0. The Morgan fingerprint density at radius 1 is 1.11 bits per heavy atom. The minimum atomic E-state index is -1.73. The van der Waals surface area contributed by atoms with E-state index < -0.39 is 51.8 Å². The van der Waals surface area contributed by atoms with Crippen LogP contribution in [-0.4, -0.2) is 74.3 Å². The van der Waals surface area contributed by atoms with Crippen molar-refractivity contribution in [2.24, 2.45) is 17.3 Å². The molecule has 3 N–H and O–H groups in total. The predicted molar refractivity (Wildman–Crippen MR) is 185 cm³/mol. The van der Waals surface area contributed by atoms with E-state index in [2.05, 4.69) is 15.6 Å². The average Bonchev–Trinajstić information content (AvgIpc) is 3.00. The number of likely N-dealkylation sites (tertiary alicyclic amines) is 1. The quantitative estimate of drug-likeness (QED) is 0.197. The molecule has 1 saturated heterocycles. The number of nitrogens with zero attached hydrogens (tertiary/aromatic N) is 2. The topological polar surface area (TPSA) is 138 Å². The molecule has 1 aliphatic heterocycles. The van der Waals surface area contributed by atoms with Crippen molar-refractivity contribution in [2.45, 2.75) is 76.4 Å². The van der Waals surface area contributed by atoms with Gasteiger partial charge in [0.15, 0.2) is 0 Å². The van der Waals surface area contributed by atoms with Gasteiger partial charge >= 0.3 is 5.97 Å². The van der Waals surface area contributed by atoms with E-state index in [-0.39, 0.29) is 24.3 Å². The number of alkyl halides is 3. The molecule has 1 fully saturated rings. The van der Waals surface area contributed by atoms with Crippen LogP contribution >= 0.6 is 46.4 Å². The molecule has 2 heterocycles. The second-order valence-electron chi connectivity index (χ2n) is 12.8. The Bertz CT molecular complexity index is 1510. The molecule has 14 heteroatoms. The van der Waals surface area contributed by atoms with Crippen LogP contribution in [0.2, 0.25) is 5.02 Å². The largest absolute Gasteiger partial charge is 0.461 e. The van der Waals surface area contributed by atoms with E-state index in [4.69, 9.17) is 51.1 Å². The summed E-state index contributed by atoms with van der Waals surface area (Å²) in [6.07, 6.45) is 3.83. The zero-order chi connectivity index (χ0) is 35.3. The normalized spacial score (nSPS) is 17.8. The average molecular weight is 733 g/mol. The highest BCUT2D eigenvalue weighted by Crippen LogP contribution is 2.29. The summed E-state index contributed by atoms with van der Waals surface area (Å²) in [5.41, 5.74) is 0.826. The molecule has 1 aliphatic rings. The Hall–Kier alpha value is -2.63. The Morgan fingerprint density at radius 3 is 2.40 bits per heavy atom. The Labute approximate surface area is 295 Å². The molecular weight excluding hydrogens is 690 g/mol. The number of rotatable bonds is 11. The monoisotopic (exact) mass is 730 g/mol. The molecule has 47 heavy (non-hydrogen) atoms. The van der Waals surface area contributed by atoms with Gasteiger partial charge in [0.1, 0.15) is 18.7 Å². The maximum Gasteiger partial charge on any atom is 0.310 e. The highest BCUT2D eigenvalue weighted by Gasteiger charge is 2.35. The van der Waals surface area contributed by atoms with Gasteiger partial charge in [0.2, 0.25) is 21.5 Å². The molecule has 1 aromatic carbocycles. The molecule has 1 aromatic heterocycles.